The highest BCUT2D eigenvalue weighted by atomic mass is 32.2. The molecule has 0 bridgehead atoms. The highest BCUT2D eigenvalue weighted by Crippen LogP contribution is 2.27. The van der Waals surface area contributed by atoms with Gasteiger partial charge in [0.1, 0.15) is 28.8 Å². The summed E-state index contributed by atoms with van der Waals surface area (Å²) in [6, 6.07) is 11.4. The van der Waals surface area contributed by atoms with E-state index in [0.29, 0.717) is 17.2 Å². The molecule has 0 aliphatic carbocycles. The minimum absolute atomic E-state index is 0.0350. The maximum Gasteiger partial charge on any atom is 0.245 e. The fraction of sp³-hybridized carbons (Fsp3) is 0.250. The number of methoxy groups -OCH3 is 2. The Bertz CT molecular complexity index is 1020. The fourth-order valence-corrected chi connectivity index (χ4v) is 3.41. The molecule has 8 nitrogen and oxygen atoms in total. The first-order valence-electron chi connectivity index (χ1n) is 8.53. The first-order chi connectivity index (χ1) is 13.9. The third kappa shape index (κ3) is 6.71. The number of sulfonamides is 1. The van der Waals surface area contributed by atoms with Gasteiger partial charge in [0, 0.05) is 24.7 Å². The van der Waals surface area contributed by atoms with Crippen LogP contribution in [0.15, 0.2) is 47.4 Å². The molecule has 0 fully saturated rings. The normalized spacial score (nSPS) is 10.4. The molecule has 0 aromatic heterocycles. The standard InChI is InChI=1S/C20H22N2O6S/c1-15(23)22-16-7-6-8-18(13-16)28-12-5-4-11-21-29(24,25)20-14-17(26-2)9-10-19(20)27-3/h6-10,13-14,21H,11-12H2,1-3H3,(H,22,23). The second-order valence-corrected chi connectivity index (χ2v) is 7.43. The van der Waals surface area contributed by atoms with Crippen molar-refractivity contribution in [1.82, 2.24) is 4.72 Å². The van der Waals surface area contributed by atoms with Crippen LogP contribution in [0.3, 0.4) is 0 Å². The Morgan fingerprint density at radius 1 is 1.03 bits per heavy atom. The van der Waals surface area contributed by atoms with Crippen molar-refractivity contribution in [3.05, 3.63) is 42.5 Å². The number of carbonyl (C=O) groups is 1. The van der Waals surface area contributed by atoms with E-state index < -0.39 is 10.0 Å². The summed E-state index contributed by atoms with van der Waals surface area (Å²) in [5.41, 5.74) is 0.614. The van der Waals surface area contributed by atoms with Crippen LogP contribution in [0.2, 0.25) is 0 Å². The molecule has 0 spiro atoms. The van der Waals surface area contributed by atoms with Crippen molar-refractivity contribution in [2.45, 2.75) is 11.8 Å². The van der Waals surface area contributed by atoms with Gasteiger partial charge < -0.3 is 19.5 Å². The lowest BCUT2D eigenvalue weighted by molar-refractivity contribution is -0.114. The van der Waals surface area contributed by atoms with E-state index in [0.717, 1.165) is 0 Å². The number of amides is 1. The van der Waals surface area contributed by atoms with Crippen molar-refractivity contribution in [3.8, 4) is 29.1 Å². The molecular weight excluding hydrogens is 396 g/mol. The van der Waals surface area contributed by atoms with E-state index in [1.54, 1.807) is 30.3 Å². The van der Waals surface area contributed by atoms with Crippen molar-refractivity contribution in [2.24, 2.45) is 0 Å². The summed E-state index contributed by atoms with van der Waals surface area (Å²) in [5.74, 6) is 6.37. The zero-order valence-corrected chi connectivity index (χ0v) is 17.1. The van der Waals surface area contributed by atoms with Crippen molar-refractivity contribution in [1.29, 1.82) is 0 Å². The van der Waals surface area contributed by atoms with Gasteiger partial charge in [-0.2, -0.15) is 4.72 Å². The van der Waals surface area contributed by atoms with Gasteiger partial charge >= 0.3 is 0 Å². The van der Waals surface area contributed by atoms with Crippen molar-refractivity contribution in [2.75, 3.05) is 32.7 Å². The van der Waals surface area contributed by atoms with Crippen LogP contribution in [-0.2, 0) is 14.8 Å². The number of ether oxygens (including phenoxy) is 3. The van der Waals surface area contributed by atoms with Gasteiger partial charge in [-0.1, -0.05) is 17.9 Å². The smallest absolute Gasteiger partial charge is 0.245 e. The summed E-state index contributed by atoms with van der Waals surface area (Å²) in [7, 11) is -0.995. The molecule has 2 N–H and O–H groups in total. The molecule has 0 saturated heterocycles. The van der Waals surface area contributed by atoms with Crippen LogP contribution in [0.4, 0.5) is 5.69 Å². The maximum atomic E-state index is 12.5. The maximum absolute atomic E-state index is 12.5. The topological polar surface area (TPSA) is 103 Å². The molecule has 29 heavy (non-hydrogen) atoms. The van der Waals surface area contributed by atoms with E-state index in [1.807, 2.05) is 0 Å². The average Bonchev–Trinajstić information content (AvgIpc) is 2.69. The number of rotatable bonds is 8. The zero-order chi connectivity index (χ0) is 21.3. The Hall–Kier alpha value is -3.22. The van der Waals surface area contributed by atoms with Gasteiger partial charge in [0.15, 0.2) is 0 Å². The molecule has 0 saturated carbocycles. The largest absolute Gasteiger partial charge is 0.497 e. The zero-order valence-electron chi connectivity index (χ0n) is 16.3. The lowest BCUT2D eigenvalue weighted by Crippen LogP contribution is -2.24. The molecule has 0 atom stereocenters. The predicted molar refractivity (Wildman–Crippen MR) is 109 cm³/mol. The van der Waals surface area contributed by atoms with E-state index in [4.69, 9.17) is 14.2 Å². The molecule has 2 aromatic carbocycles. The Morgan fingerprint density at radius 2 is 1.83 bits per heavy atom. The Morgan fingerprint density at radius 3 is 2.52 bits per heavy atom. The van der Waals surface area contributed by atoms with Crippen LogP contribution in [0.5, 0.6) is 17.2 Å². The molecule has 0 heterocycles. The van der Waals surface area contributed by atoms with Crippen LogP contribution >= 0.6 is 0 Å². The summed E-state index contributed by atoms with van der Waals surface area (Å²) in [6.45, 7) is 1.38. The second kappa shape index (κ2) is 10.4. The van der Waals surface area contributed by atoms with E-state index in [-0.39, 0.29) is 29.7 Å². The molecule has 0 aliphatic rings. The van der Waals surface area contributed by atoms with E-state index in [9.17, 15) is 13.2 Å². The van der Waals surface area contributed by atoms with Crippen molar-refractivity contribution < 1.29 is 27.4 Å². The third-order valence-corrected chi connectivity index (χ3v) is 5.02. The number of hydrogen-bond acceptors (Lipinski definition) is 6. The second-order valence-electron chi connectivity index (χ2n) is 5.69. The van der Waals surface area contributed by atoms with Crippen LogP contribution in [0.1, 0.15) is 6.92 Å². The van der Waals surface area contributed by atoms with Gasteiger partial charge in [-0.3, -0.25) is 4.79 Å². The minimum atomic E-state index is -3.83. The van der Waals surface area contributed by atoms with E-state index in [1.165, 1.54) is 33.3 Å². The molecule has 154 valence electrons. The van der Waals surface area contributed by atoms with Gasteiger partial charge in [-0.25, -0.2) is 8.42 Å². The molecule has 0 radical (unpaired) electrons. The van der Waals surface area contributed by atoms with Crippen LogP contribution in [-0.4, -0.2) is 41.7 Å². The van der Waals surface area contributed by atoms with E-state index >= 15 is 0 Å². The molecule has 1 amide bonds. The van der Waals surface area contributed by atoms with Gasteiger partial charge in [0.2, 0.25) is 15.9 Å². The highest BCUT2D eigenvalue weighted by Gasteiger charge is 2.19. The predicted octanol–water partition coefficient (Wildman–Crippen LogP) is 2.02. The fourth-order valence-electron chi connectivity index (χ4n) is 2.30. The number of carbonyl (C=O) groups excluding carboxylic acids is 1. The van der Waals surface area contributed by atoms with Gasteiger partial charge in [-0.05, 0) is 24.3 Å². The number of hydrogen-bond donors (Lipinski definition) is 2. The van der Waals surface area contributed by atoms with E-state index in [2.05, 4.69) is 21.9 Å². The van der Waals surface area contributed by atoms with Gasteiger partial charge in [0.25, 0.3) is 0 Å². The Kier molecular flexibility index (Phi) is 7.88. The van der Waals surface area contributed by atoms with Crippen molar-refractivity contribution in [3.63, 3.8) is 0 Å². The highest BCUT2D eigenvalue weighted by molar-refractivity contribution is 7.89. The average molecular weight is 418 g/mol. The third-order valence-electron chi connectivity index (χ3n) is 3.60. The molecule has 0 unspecified atom stereocenters. The minimum Gasteiger partial charge on any atom is -0.497 e. The lowest BCUT2D eigenvalue weighted by atomic mass is 10.3. The van der Waals surface area contributed by atoms with Gasteiger partial charge in [0.05, 0.1) is 20.8 Å². The Balaban J connectivity index is 1.92. The molecule has 2 aromatic rings. The lowest BCUT2D eigenvalue weighted by Gasteiger charge is -2.11. The monoisotopic (exact) mass is 418 g/mol. The molecule has 2 rings (SSSR count). The first kappa shape index (κ1) is 22.1. The molecule has 0 aliphatic heterocycles. The van der Waals surface area contributed by atoms with Crippen LogP contribution in [0, 0.1) is 11.8 Å². The SMILES string of the molecule is COc1ccc(OC)c(S(=O)(=O)NCC#CCOc2cccc(NC(C)=O)c2)c1. The number of benzene rings is 2. The summed E-state index contributed by atoms with van der Waals surface area (Å²) < 4.78 is 43.0. The quantitative estimate of drug-likeness (QED) is 0.636. The number of anilines is 1. The number of nitrogens with one attached hydrogen (secondary N) is 2. The summed E-state index contributed by atoms with van der Waals surface area (Å²) >= 11 is 0. The molecular formula is C20H22N2O6S. The van der Waals surface area contributed by atoms with Crippen molar-refractivity contribution >= 4 is 21.6 Å². The van der Waals surface area contributed by atoms with Gasteiger partial charge in [-0.15, -0.1) is 0 Å². The summed E-state index contributed by atoms with van der Waals surface area (Å²) in [4.78, 5) is 11.0. The summed E-state index contributed by atoms with van der Waals surface area (Å²) in [6.07, 6.45) is 0. The van der Waals surface area contributed by atoms with Crippen LogP contribution < -0.4 is 24.2 Å². The Labute approximate surface area is 170 Å². The first-order valence-corrected chi connectivity index (χ1v) is 10.0. The summed E-state index contributed by atoms with van der Waals surface area (Å²) in [5, 5.41) is 2.65. The van der Waals surface area contributed by atoms with Crippen LogP contribution in [0.25, 0.3) is 0 Å². The molecule has 9 heteroatoms.